The van der Waals surface area contributed by atoms with Crippen LogP contribution in [-0.2, 0) is 4.74 Å². The van der Waals surface area contributed by atoms with E-state index in [2.05, 4.69) is 15.6 Å². The molecule has 2 aromatic rings. The van der Waals surface area contributed by atoms with Crippen molar-refractivity contribution in [2.45, 2.75) is 6.92 Å². The van der Waals surface area contributed by atoms with E-state index in [9.17, 15) is 9.59 Å². The zero-order valence-corrected chi connectivity index (χ0v) is 13.1. The van der Waals surface area contributed by atoms with E-state index in [0.29, 0.717) is 35.8 Å². The Bertz CT molecular complexity index is 701. The van der Waals surface area contributed by atoms with Crippen LogP contribution in [0.15, 0.2) is 42.6 Å². The van der Waals surface area contributed by atoms with Gasteiger partial charge in [-0.15, -0.1) is 0 Å². The van der Waals surface area contributed by atoms with Gasteiger partial charge in [-0.3, -0.25) is 9.59 Å². The van der Waals surface area contributed by atoms with E-state index in [0.717, 1.165) is 0 Å². The Hall–Kier alpha value is -2.73. The van der Waals surface area contributed by atoms with Crippen LogP contribution >= 0.6 is 0 Å². The molecular formula is C17H19N3O3. The fraction of sp³-hybridized carbons (Fsp3) is 0.235. The molecule has 120 valence electrons. The van der Waals surface area contributed by atoms with Crippen molar-refractivity contribution >= 4 is 23.2 Å². The van der Waals surface area contributed by atoms with Gasteiger partial charge >= 0.3 is 0 Å². The Labute approximate surface area is 134 Å². The van der Waals surface area contributed by atoms with Crippen LogP contribution in [0.4, 0.5) is 11.5 Å². The minimum Gasteiger partial charge on any atom is -0.383 e. The van der Waals surface area contributed by atoms with Gasteiger partial charge in [-0.1, -0.05) is 12.1 Å². The molecule has 0 saturated carbocycles. The maximum absolute atomic E-state index is 12.3. The van der Waals surface area contributed by atoms with E-state index in [-0.39, 0.29) is 11.7 Å². The second-order valence-corrected chi connectivity index (χ2v) is 4.94. The Morgan fingerprint density at radius 3 is 2.74 bits per heavy atom. The molecule has 0 fully saturated rings. The summed E-state index contributed by atoms with van der Waals surface area (Å²) < 4.78 is 4.95. The molecule has 0 unspecified atom stereocenters. The van der Waals surface area contributed by atoms with Gasteiger partial charge in [0.2, 0.25) is 0 Å². The van der Waals surface area contributed by atoms with Gasteiger partial charge in [0.15, 0.2) is 5.78 Å². The number of ether oxygens (including phenoxy) is 1. The number of ketones is 1. The van der Waals surface area contributed by atoms with Gasteiger partial charge in [0.05, 0.1) is 6.61 Å². The molecule has 1 aromatic carbocycles. The summed E-state index contributed by atoms with van der Waals surface area (Å²) in [6.07, 6.45) is 1.57. The van der Waals surface area contributed by atoms with Gasteiger partial charge < -0.3 is 15.4 Å². The van der Waals surface area contributed by atoms with Crippen molar-refractivity contribution in [1.29, 1.82) is 0 Å². The van der Waals surface area contributed by atoms with Crippen LogP contribution in [0, 0.1) is 0 Å². The Kier molecular flexibility index (Phi) is 5.82. The van der Waals surface area contributed by atoms with Gasteiger partial charge in [0.25, 0.3) is 5.91 Å². The normalized spacial score (nSPS) is 10.2. The van der Waals surface area contributed by atoms with E-state index in [1.54, 1.807) is 49.7 Å². The summed E-state index contributed by atoms with van der Waals surface area (Å²) >= 11 is 0. The van der Waals surface area contributed by atoms with Crippen LogP contribution < -0.4 is 10.6 Å². The number of carbonyl (C=O) groups excluding carboxylic acids is 2. The predicted octanol–water partition coefficient (Wildman–Crippen LogP) is 2.59. The number of hydrogen-bond acceptors (Lipinski definition) is 5. The standard InChI is InChI=1S/C17H19N3O3/c1-12(21)13-4-3-5-15(10-13)20-17(22)14-6-7-18-16(11-14)19-8-9-23-2/h3-7,10-11H,8-9H2,1-2H3,(H,18,19)(H,20,22). The van der Waals surface area contributed by atoms with Gasteiger partial charge in [0.1, 0.15) is 5.82 Å². The summed E-state index contributed by atoms with van der Waals surface area (Å²) in [7, 11) is 1.62. The quantitative estimate of drug-likeness (QED) is 0.606. The SMILES string of the molecule is COCCNc1cc(C(=O)Nc2cccc(C(C)=O)c2)ccn1. The van der Waals surface area contributed by atoms with Crippen molar-refractivity contribution in [3.05, 3.63) is 53.7 Å². The highest BCUT2D eigenvalue weighted by atomic mass is 16.5. The van der Waals surface area contributed by atoms with E-state index in [4.69, 9.17) is 4.74 Å². The minimum atomic E-state index is -0.261. The maximum atomic E-state index is 12.3. The van der Waals surface area contributed by atoms with Crippen LogP contribution in [0.3, 0.4) is 0 Å². The van der Waals surface area contributed by atoms with Crippen molar-refractivity contribution in [2.24, 2.45) is 0 Å². The number of nitrogens with zero attached hydrogens (tertiary/aromatic N) is 1. The monoisotopic (exact) mass is 313 g/mol. The van der Waals surface area contributed by atoms with Crippen molar-refractivity contribution in [2.75, 3.05) is 30.9 Å². The lowest BCUT2D eigenvalue weighted by Gasteiger charge is -2.08. The summed E-state index contributed by atoms with van der Waals surface area (Å²) in [6.45, 7) is 2.65. The van der Waals surface area contributed by atoms with Crippen molar-refractivity contribution in [3.8, 4) is 0 Å². The topological polar surface area (TPSA) is 80.3 Å². The largest absolute Gasteiger partial charge is 0.383 e. The molecule has 1 aromatic heterocycles. The maximum Gasteiger partial charge on any atom is 0.255 e. The number of benzene rings is 1. The van der Waals surface area contributed by atoms with Crippen LogP contribution in [-0.4, -0.2) is 36.9 Å². The number of Topliss-reactive ketones (excluding diaryl/α,β-unsaturated/α-hetero) is 1. The molecule has 0 aliphatic heterocycles. The number of methoxy groups -OCH3 is 1. The van der Waals surface area contributed by atoms with E-state index < -0.39 is 0 Å². The number of carbonyl (C=O) groups is 2. The molecular weight excluding hydrogens is 294 g/mol. The average Bonchev–Trinajstić information content (AvgIpc) is 2.55. The van der Waals surface area contributed by atoms with E-state index >= 15 is 0 Å². The fourth-order valence-electron chi connectivity index (χ4n) is 1.97. The third kappa shape index (κ3) is 4.89. The molecule has 23 heavy (non-hydrogen) atoms. The smallest absolute Gasteiger partial charge is 0.255 e. The third-order valence-electron chi connectivity index (χ3n) is 3.16. The number of rotatable bonds is 7. The predicted molar refractivity (Wildman–Crippen MR) is 89.0 cm³/mol. The Balaban J connectivity index is 2.07. The number of hydrogen-bond donors (Lipinski definition) is 2. The zero-order valence-electron chi connectivity index (χ0n) is 13.1. The summed E-state index contributed by atoms with van der Waals surface area (Å²) in [4.78, 5) is 27.8. The first-order chi connectivity index (χ1) is 11.1. The fourth-order valence-corrected chi connectivity index (χ4v) is 1.97. The van der Waals surface area contributed by atoms with E-state index in [1.807, 2.05) is 0 Å². The van der Waals surface area contributed by atoms with Crippen LogP contribution in [0.25, 0.3) is 0 Å². The Morgan fingerprint density at radius 1 is 1.17 bits per heavy atom. The molecule has 6 nitrogen and oxygen atoms in total. The van der Waals surface area contributed by atoms with Gasteiger partial charge in [-0.25, -0.2) is 4.98 Å². The minimum absolute atomic E-state index is 0.0466. The first-order valence-electron chi connectivity index (χ1n) is 7.21. The second-order valence-electron chi connectivity index (χ2n) is 4.94. The molecule has 1 amide bonds. The van der Waals surface area contributed by atoms with Gasteiger partial charge in [-0.2, -0.15) is 0 Å². The van der Waals surface area contributed by atoms with Gasteiger partial charge in [0, 0.05) is 36.7 Å². The summed E-state index contributed by atoms with van der Waals surface area (Å²) in [5, 5.41) is 5.84. The van der Waals surface area contributed by atoms with Crippen LogP contribution in [0.1, 0.15) is 27.6 Å². The molecule has 0 atom stereocenters. The van der Waals surface area contributed by atoms with Crippen LogP contribution in [0.2, 0.25) is 0 Å². The molecule has 0 saturated heterocycles. The molecule has 0 spiro atoms. The second kappa shape index (κ2) is 8.05. The average molecular weight is 313 g/mol. The summed E-state index contributed by atoms with van der Waals surface area (Å²) in [5.41, 5.74) is 1.61. The zero-order chi connectivity index (χ0) is 16.7. The number of amides is 1. The number of anilines is 2. The highest BCUT2D eigenvalue weighted by Gasteiger charge is 2.08. The molecule has 0 aliphatic rings. The van der Waals surface area contributed by atoms with Crippen molar-refractivity contribution in [1.82, 2.24) is 4.98 Å². The molecule has 2 N–H and O–H groups in total. The van der Waals surface area contributed by atoms with Gasteiger partial charge in [-0.05, 0) is 31.2 Å². The third-order valence-corrected chi connectivity index (χ3v) is 3.16. The first kappa shape index (κ1) is 16.6. The van der Waals surface area contributed by atoms with Crippen molar-refractivity contribution in [3.63, 3.8) is 0 Å². The molecule has 0 aliphatic carbocycles. The lowest BCUT2D eigenvalue weighted by Crippen LogP contribution is -2.14. The summed E-state index contributed by atoms with van der Waals surface area (Å²) in [6, 6.07) is 10.1. The molecule has 6 heteroatoms. The first-order valence-corrected chi connectivity index (χ1v) is 7.21. The lowest BCUT2D eigenvalue weighted by atomic mass is 10.1. The molecule has 2 rings (SSSR count). The number of nitrogens with one attached hydrogen (secondary N) is 2. The molecule has 1 heterocycles. The molecule has 0 bridgehead atoms. The highest BCUT2D eigenvalue weighted by molar-refractivity contribution is 6.05. The number of pyridine rings is 1. The number of aromatic nitrogens is 1. The lowest BCUT2D eigenvalue weighted by molar-refractivity contribution is 0.101. The highest BCUT2D eigenvalue weighted by Crippen LogP contribution is 2.14. The van der Waals surface area contributed by atoms with Crippen molar-refractivity contribution < 1.29 is 14.3 Å². The van der Waals surface area contributed by atoms with Crippen LogP contribution in [0.5, 0.6) is 0 Å². The summed E-state index contributed by atoms with van der Waals surface area (Å²) in [5.74, 6) is 0.296. The van der Waals surface area contributed by atoms with E-state index in [1.165, 1.54) is 6.92 Å². The Morgan fingerprint density at radius 2 is 2.00 bits per heavy atom. The molecule has 0 radical (unpaired) electrons.